The largest absolute Gasteiger partial charge is 3.00 e. The smallest absolute Gasteiger partial charge is 0.735 e. The molecule has 2 aliphatic rings. The molecular weight excluding hydrogens is 902 g/mol. The van der Waals surface area contributed by atoms with Gasteiger partial charge in [0.15, 0.2) is 51.3 Å². The van der Waals surface area contributed by atoms with Crippen LogP contribution >= 0.6 is 32.0 Å². The molecule has 0 amide bonds. The molecule has 289 valence electrons. The fraction of sp³-hybridized carbons (Fsp3) is 0. The van der Waals surface area contributed by atoms with Crippen LogP contribution in [0, 0.1) is 0 Å². The Bertz CT molecular complexity index is 2740. The molecule has 0 unspecified atom stereocenters. The van der Waals surface area contributed by atoms with Gasteiger partial charge in [0.2, 0.25) is 0 Å². The van der Waals surface area contributed by atoms with Crippen LogP contribution in [0.3, 0.4) is 0 Å². The van der Waals surface area contributed by atoms with E-state index in [9.17, 15) is 0 Å². The fourth-order valence-corrected chi connectivity index (χ4v) is 5.59. The van der Waals surface area contributed by atoms with E-state index in [2.05, 4.69) is 42.0 Å². The Labute approximate surface area is 339 Å². The summed E-state index contributed by atoms with van der Waals surface area (Å²) in [4.78, 5) is 36.8. The molecule has 0 saturated heterocycles. The number of aromatic amines is 2. The van der Waals surface area contributed by atoms with E-state index in [-0.39, 0.29) is 16.5 Å². The molecule has 3 aromatic heterocycles. The van der Waals surface area contributed by atoms with E-state index in [1.165, 1.54) is 0 Å². The van der Waals surface area contributed by atoms with Gasteiger partial charge in [0.1, 0.15) is 22.6 Å². The molecule has 4 aromatic carbocycles. The zero-order valence-electron chi connectivity index (χ0n) is 27.3. The van der Waals surface area contributed by atoms with Gasteiger partial charge in [0.05, 0.1) is 0 Å². The topological polar surface area (TPSA) is 281 Å². The number of hydrogen-bond acceptors (Lipinski definition) is 15. The first kappa shape index (κ1) is 42.5. The van der Waals surface area contributed by atoms with Gasteiger partial charge < -0.3 is 23.6 Å². The van der Waals surface area contributed by atoms with Crippen LogP contribution in [0.15, 0.2) is 97.1 Å². The Hall–Kier alpha value is -4.67. The molecule has 7 aromatic rings. The molecule has 2 aliphatic heterocycles. The van der Waals surface area contributed by atoms with Crippen molar-refractivity contribution in [2.45, 2.75) is 0 Å². The Morgan fingerprint density at radius 3 is 0.750 bits per heavy atom. The van der Waals surface area contributed by atoms with Crippen molar-refractivity contribution < 1.29 is 55.4 Å². The van der Waals surface area contributed by atoms with Crippen LogP contribution in [-0.2, 0) is 44.5 Å². The molecular formula is C32H18Cl3N8NiO9S3. The van der Waals surface area contributed by atoms with Gasteiger partial charge in [-0.2, -0.15) is 0 Å². The Morgan fingerprint density at radius 2 is 0.554 bits per heavy atom. The number of H-pyrrole nitrogens is 2. The van der Waals surface area contributed by atoms with E-state index in [0.717, 1.165) is 43.8 Å². The summed E-state index contributed by atoms with van der Waals surface area (Å²) in [5.41, 5.74) is 6.45. The predicted molar refractivity (Wildman–Crippen MR) is 203 cm³/mol. The zero-order valence-corrected chi connectivity index (χ0v) is 33.0. The number of aromatic nitrogens is 8. The quantitative estimate of drug-likeness (QED) is 0.101. The van der Waals surface area contributed by atoms with Crippen LogP contribution < -0.4 is 0 Å². The summed E-state index contributed by atoms with van der Waals surface area (Å²) in [6.07, 6.45) is 0. The molecule has 24 heteroatoms. The van der Waals surface area contributed by atoms with Crippen molar-refractivity contribution >= 4 is 104 Å². The molecule has 1 radical (unpaired) electrons. The number of nitrogens with zero attached hydrogens (tertiary/aromatic N) is 6. The molecule has 0 atom stereocenters. The van der Waals surface area contributed by atoms with Crippen molar-refractivity contribution in [1.29, 1.82) is 0 Å². The first-order valence-electron chi connectivity index (χ1n) is 15.0. The molecule has 0 spiro atoms. The van der Waals surface area contributed by atoms with Gasteiger partial charge in [-0.05, 0) is 0 Å². The van der Waals surface area contributed by atoms with E-state index in [0.29, 0.717) is 45.9 Å². The minimum atomic E-state index is -4.44. The van der Waals surface area contributed by atoms with E-state index in [4.69, 9.17) is 68.8 Å². The molecule has 17 nitrogen and oxygen atoms in total. The Balaban J connectivity index is 0.000000324. The minimum absolute atomic E-state index is 0. The molecule has 0 aliphatic carbocycles. The summed E-state index contributed by atoms with van der Waals surface area (Å²) < 4.78 is 79.6. The summed E-state index contributed by atoms with van der Waals surface area (Å²) in [5, 5.41) is 3.82. The fourth-order valence-electron chi connectivity index (χ4n) is 5.59. The third-order valence-corrected chi connectivity index (χ3v) is 7.46. The zero-order chi connectivity index (χ0) is 39.7. The summed E-state index contributed by atoms with van der Waals surface area (Å²) in [6.45, 7) is 0. The Morgan fingerprint density at radius 1 is 0.375 bits per heavy atom. The van der Waals surface area contributed by atoms with Gasteiger partial charge in [0.25, 0.3) is 0 Å². The molecule has 2 N–H and O–H groups in total. The molecule has 0 saturated carbocycles. The first-order valence-corrected chi connectivity index (χ1v) is 21.7. The maximum Gasteiger partial charge on any atom is 3.00 e. The third-order valence-electron chi connectivity index (χ3n) is 7.46. The van der Waals surface area contributed by atoms with E-state index in [1.54, 1.807) is 0 Å². The number of benzene rings is 4. The van der Waals surface area contributed by atoms with Crippen molar-refractivity contribution in [2.24, 2.45) is 0 Å². The van der Waals surface area contributed by atoms with Crippen LogP contribution in [0.2, 0.25) is 0 Å². The van der Waals surface area contributed by atoms with Crippen molar-refractivity contribution in [1.82, 2.24) is 39.9 Å². The number of nitrogens with one attached hydrogen (secondary N) is 2. The van der Waals surface area contributed by atoms with Gasteiger partial charge in [0, 0.05) is 75.8 Å². The van der Waals surface area contributed by atoms with Gasteiger partial charge in [-0.3, -0.25) is 0 Å². The standard InChI is InChI=1S/C32H18N8.3ClHO3S.Ni/c1-2-10-18-17(9-1)25-33-26(18)38-28-21-13-5-6-14-22(21)30(35-28)40-32-24-16-8-7-15-23(24)31(36-32)39-29-20-12-4-3-11-19(20)27(34-29)37-25;3*1-5(2,3)4;/h1-16H,(H2,33,34,35,36,37,38,39,40);3*(H,2,3,4);/q;;;;+3/p-3. The second-order valence-corrected chi connectivity index (χ2v) is 16.7. The summed E-state index contributed by atoms with van der Waals surface area (Å²) >= 11 is 0. The minimum Gasteiger partial charge on any atom is -0.735 e. The van der Waals surface area contributed by atoms with Crippen LogP contribution in [-0.4, -0.2) is 78.8 Å². The summed E-state index contributed by atoms with van der Waals surface area (Å²) in [6, 6.07) is 32.2. The second kappa shape index (κ2) is 16.8. The van der Waals surface area contributed by atoms with E-state index in [1.807, 2.05) is 97.1 Å². The number of fused-ring (bicyclic) bond motifs is 20. The van der Waals surface area contributed by atoms with Crippen molar-refractivity contribution in [3.05, 3.63) is 97.1 Å². The number of halogens is 3. The monoisotopic (exact) mass is 917 g/mol. The van der Waals surface area contributed by atoms with Gasteiger partial charge in [-0.25, -0.2) is 55.2 Å². The predicted octanol–water partition coefficient (Wildman–Crippen LogP) is 5.92. The average Bonchev–Trinajstić information content (AvgIpc) is 3.82. The van der Waals surface area contributed by atoms with Gasteiger partial charge in [-0.15, -0.1) is 0 Å². The van der Waals surface area contributed by atoms with Crippen molar-refractivity contribution in [3.63, 3.8) is 0 Å². The first-order chi connectivity index (χ1) is 25.8. The van der Waals surface area contributed by atoms with Crippen LogP contribution in [0.4, 0.5) is 0 Å². The van der Waals surface area contributed by atoms with E-state index < -0.39 is 28.0 Å². The summed E-state index contributed by atoms with van der Waals surface area (Å²) in [5.74, 6) is 2.39. The van der Waals surface area contributed by atoms with Crippen molar-refractivity contribution in [3.8, 4) is 45.6 Å². The maximum atomic E-state index is 8.84. The molecule has 5 heterocycles. The van der Waals surface area contributed by atoms with Gasteiger partial charge >= 0.3 is 16.5 Å². The van der Waals surface area contributed by atoms with Crippen molar-refractivity contribution in [2.75, 3.05) is 0 Å². The number of rotatable bonds is 0. The van der Waals surface area contributed by atoms with Crippen LogP contribution in [0.25, 0.3) is 89.7 Å². The average molecular weight is 920 g/mol. The van der Waals surface area contributed by atoms with Crippen LogP contribution in [0.5, 0.6) is 0 Å². The van der Waals surface area contributed by atoms with E-state index >= 15 is 0 Å². The SMILES string of the molecule is O=S(=O)([O-])Cl.O=S(=O)([O-])Cl.O=S(=O)([O-])Cl.[Ni+3].c1ccc2c(c1)-c1nc-2nc2[nH]c(nc3nc(nc4[nH]c(n1)c1ccccc41)-c1ccccc1-3)c1ccccc21. The molecule has 9 rings (SSSR count). The third kappa shape index (κ3) is 10.8. The molecule has 0 fully saturated rings. The summed E-state index contributed by atoms with van der Waals surface area (Å²) in [7, 11) is -1.49. The Kier molecular flexibility index (Phi) is 12.8. The maximum absolute atomic E-state index is 8.84. The van der Waals surface area contributed by atoms with Crippen LogP contribution in [0.1, 0.15) is 0 Å². The number of hydrogen-bond donors (Lipinski definition) is 2. The normalized spacial score (nSPS) is 11.7. The molecule has 56 heavy (non-hydrogen) atoms. The van der Waals surface area contributed by atoms with Gasteiger partial charge in [-0.1, -0.05) is 97.1 Å². The molecule has 8 bridgehead atoms. The second-order valence-electron chi connectivity index (χ2n) is 11.0.